The molecule has 0 fully saturated rings. The van der Waals surface area contributed by atoms with Crippen molar-refractivity contribution < 1.29 is 4.43 Å². The second-order valence-corrected chi connectivity index (χ2v) is 11.5. The van der Waals surface area contributed by atoms with E-state index in [2.05, 4.69) is 60.1 Å². The molecule has 1 heterocycles. The molecular formula is C13H23BrN2OSi. The first-order chi connectivity index (χ1) is 8.22. The van der Waals surface area contributed by atoms with Crippen molar-refractivity contribution in [3.63, 3.8) is 0 Å². The van der Waals surface area contributed by atoms with E-state index in [9.17, 15) is 0 Å². The molecule has 3 nitrogen and oxygen atoms in total. The zero-order valence-corrected chi connectivity index (χ0v) is 14.5. The first-order valence-electron chi connectivity index (χ1n) is 6.22. The molecule has 0 aliphatic rings. The molecule has 18 heavy (non-hydrogen) atoms. The zero-order chi connectivity index (χ0) is 13.8. The lowest BCUT2D eigenvalue weighted by Gasteiger charge is -2.36. The van der Waals surface area contributed by atoms with Crippen LogP contribution in [0.2, 0.25) is 18.1 Å². The minimum Gasteiger partial charge on any atom is -0.415 e. The molecule has 0 spiro atoms. The molecule has 0 saturated heterocycles. The molecule has 0 amide bonds. The van der Waals surface area contributed by atoms with Crippen molar-refractivity contribution in [2.45, 2.75) is 38.9 Å². The van der Waals surface area contributed by atoms with Gasteiger partial charge in [-0.05, 0) is 46.2 Å². The Hall–Kier alpha value is -0.393. The number of hydrogen-bond donors (Lipinski definition) is 1. The quantitative estimate of drug-likeness (QED) is 0.497. The molecule has 0 aromatic carbocycles. The number of aromatic nitrogens is 1. The fourth-order valence-electron chi connectivity index (χ4n) is 1.20. The predicted molar refractivity (Wildman–Crippen MR) is 83.6 cm³/mol. The van der Waals surface area contributed by atoms with E-state index >= 15 is 0 Å². The van der Waals surface area contributed by atoms with Gasteiger partial charge in [-0.15, -0.1) is 0 Å². The lowest BCUT2D eigenvalue weighted by Crippen LogP contribution is -2.41. The lowest BCUT2D eigenvalue weighted by molar-refractivity contribution is 0.301. The van der Waals surface area contributed by atoms with Crippen LogP contribution in [-0.2, 0) is 4.43 Å². The molecule has 0 aliphatic carbocycles. The van der Waals surface area contributed by atoms with Gasteiger partial charge in [-0.3, -0.25) is 0 Å². The van der Waals surface area contributed by atoms with Crippen molar-refractivity contribution in [1.29, 1.82) is 0 Å². The van der Waals surface area contributed by atoms with Crippen molar-refractivity contribution in [3.8, 4) is 0 Å². The number of nitrogens with zero attached hydrogens (tertiary/aromatic N) is 1. The van der Waals surface area contributed by atoms with E-state index < -0.39 is 8.32 Å². The van der Waals surface area contributed by atoms with Crippen LogP contribution in [0.15, 0.2) is 22.9 Å². The number of nitrogens with one attached hydrogen (secondary N) is 1. The Morgan fingerprint density at radius 1 is 1.33 bits per heavy atom. The van der Waals surface area contributed by atoms with Crippen molar-refractivity contribution in [1.82, 2.24) is 4.98 Å². The topological polar surface area (TPSA) is 34.1 Å². The van der Waals surface area contributed by atoms with Gasteiger partial charge in [-0.2, -0.15) is 0 Å². The maximum atomic E-state index is 6.09. The molecule has 1 N–H and O–H groups in total. The Morgan fingerprint density at radius 2 is 2.00 bits per heavy atom. The molecule has 1 aromatic rings. The summed E-state index contributed by atoms with van der Waals surface area (Å²) in [7, 11) is -1.62. The van der Waals surface area contributed by atoms with Crippen LogP contribution >= 0.6 is 15.9 Å². The number of halogens is 1. The average Bonchev–Trinajstić information content (AvgIpc) is 2.25. The van der Waals surface area contributed by atoms with E-state index in [4.69, 9.17) is 4.43 Å². The zero-order valence-electron chi connectivity index (χ0n) is 11.9. The molecule has 0 unspecified atom stereocenters. The Balaban J connectivity index is 2.33. The molecule has 0 aliphatic heterocycles. The van der Waals surface area contributed by atoms with E-state index in [1.807, 2.05) is 18.3 Å². The van der Waals surface area contributed by atoms with Gasteiger partial charge in [0.05, 0.1) is 18.5 Å². The van der Waals surface area contributed by atoms with E-state index in [0.29, 0.717) is 0 Å². The van der Waals surface area contributed by atoms with E-state index in [-0.39, 0.29) is 5.04 Å². The predicted octanol–water partition coefficient (Wildman–Crippen LogP) is 4.28. The fourth-order valence-corrected chi connectivity index (χ4v) is 2.48. The summed E-state index contributed by atoms with van der Waals surface area (Å²) < 4.78 is 6.94. The third kappa shape index (κ3) is 4.70. The Bertz CT molecular complexity index is 374. The summed E-state index contributed by atoms with van der Waals surface area (Å²) in [5, 5.41) is 3.58. The minimum atomic E-state index is -1.62. The highest BCUT2D eigenvalue weighted by Crippen LogP contribution is 2.36. The summed E-state index contributed by atoms with van der Waals surface area (Å²) in [6, 6.07) is 3.93. The number of hydrogen-bond acceptors (Lipinski definition) is 3. The van der Waals surface area contributed by atoms with E-state index in [0.717, 1.165) is 23.4 Å². The summed E-state index contributed by atoms with van der Waals surface area (Å²) in [6.45, 7) is 12.9. The fraction of sp³-hybridized carbons (Fsp3) is 0.615. The van der Waals surface area contributed by atoms with Gasteiger partial charge >= 0.3 is 0 Å². The van der Waals surface area contributed by atoms with Crippen molar-refractivity contribution in [2.24, 2.45) is 0 Å². The van der Waals surface area contributed by atoms with Crippen LogP contribution in [0.1, 0.15) is 20.8 Å². The van der Waals surface area contributed by atoms with Gasteiger partial charge in [0.25, 0.3) is 0 Å². The number of anilines is 1. The molecule has 1 rings (SSSR count). The monoisotopic (exact) mass is 330 g/mol. The highest BCUT2D eigenvalue weighted by atomic mass is 79.9. The summed E-state index contributed by atoms with van der Waals surface area (Å²) in [4.78, 5) is 4.17. The Kier molecular flexibility index (Phi) is 5.37. The minimum absolute atomic E-state index is 0.270. The molecule has 1 aromatic heterocycles. The maximum Gasteiger partial charge on any atom is 0.192 e. The smallest absolute Gasteiger partial charge is 0.192 e. The van der Waals surface area contributed by atoms with Crippen LogP contribution in [0.3, 0.4) is 0 Å². The molecule has 0 bridgehead atoms. The molecule has 0 radical (unpaired) electrons. The second kappa shape index (κ2) is 6.17. The van der Waals surface area contributed by atoms with Crippen LogP contribution < -0.4 is 5.32 Å². The lowest BCUT2D eigenvalue weighted by atomic mass is 10.2. The van der Waals surface area contributed by atoms with Crippen molar-refractivity contribution >= 4 is 29.9 Å². The normalized spacial score (nSPS) is 12.6. The maximum absolute atomic E-state index is 6.09. The third-order valence-corrected chi connectivity index (χ3v) is 8.43. The van der Waals surface area contributed by atoms with Crippen LogP contribution in [0.5, 0.6) is 0 Å². The highest BCUT2D eigenvalue weighted by Gasteiger charge is 2.36. The molecule has 0 atom stereocenters. The largest absolute Gasteiger partial charge is 0.415 e. The molecular weight excluding hydrogens is 308 g/mol. The third-order valence-electron chi connectivity index (χ3n) is 3.43. The molecule has 5 heteroatoms. The summed E-state index contributed by atoms with van der Waals surface area (Å²) in [5.74, 6) is 0. The Morgan fingerprint density at radius 3 is 2.50 bits per heavy atom. The van der Waals surface area contributed by atoms with Gasteiger partial charge < -0.3 is 9.74 Å². The SMILES string of the molecule is CC(C)(C)[Si](C)(C)OCCNc1ccc(Br)nc1. The summed E-state index contributed by atoms with van der Waals surface area (Å²) in [6.07, 6.45) is 1.82. The van der Waals surface area contributed by atoms with Crippen LogP contribution in [0.4, 0.5) is 5.69 Å². The van der Waals surface area contributed by atoms with Gasteiger partial charge in [0.15, 0.2) is 8.32 Å². The first kappa shape index (κ1) is 15.7. The van der Waals surface area contributed by atoms with E-state index in [1.54, 1.807) is 0 Å². The summed E-state index contributed by atoms with van der Waals surface area (Å²) in [5.41, 5.74) is 1.03. The number of rotatable bonds is 5. The highest BCUT2D eigenvalue weighted by molar-refractivity contribution is 9.10. The van der Waals surface area contributed by atoms with Crippen LogP contribution in [-0.4, -0.2) is 26.5 Å². The first-order valence-corrected chi connectivity index (χ1v) is 9.92. The standard InChI is InChI=1S/C13H23BrN2OSi/c1-13(2,3)18(4,5)17-9-8-15-11-6-7-12(14)16-10-11/h6-7,10,15H,8-9H2,1-5H3. The van der Waals surface area contributed by atoms with Gasteiger partial charge in [-0.25, -0.2) is 4.98 Å². The van der Waals surface area contributed by atoms with Gasteiger partial charge in [0.2, 0.25) is 0 Å². The summed E-state index contributed by atoms with van der Waals surface area (Å²) >= 11 is 3.32. The number of pyridine rings is 1. The Labute approximate surface area is 120 Å². The second-order valence-electron chi connectivity index (χ2n) is 5.91. The van der Waals surface area contributed by atoms with Crippen LogP contribution in [0, 0.1) is 0 Å². The molecule has 0 saturated carbocycles. The van der Waals surface area contributed by atoms with Crippen molar-refractivity contribution in [3.05, 3.63) is 22.9 Å². The average molecular weight is 331 g/mol. The van der Waals surface area contributed by atoms with E-state index in [1.165, 1.54) is 0 Å². The van der Waals surface area contributed by atoms with Crippen LogP contribution in [0.25, 0.3) is 0 Å². The van der Waals surface area contributed by atoms with Gasteiger partial charge in [-0.1, -0.05) is 20.8 Å². The molecule has 102 valence electrons. The van der Waals surface area contributed by atoms with Gasteiger partial charge in [0, 0.05) is 6.54 Å². The van der Waals surface area contributed by atoms with Crippen molar-refractivity contribution in [2.75, 3.05) is 18.5 Å². The van der Waals surface area contributed by atoms with Gasteiger partial charge in [0.1, 0.15) is 4.60 Å².